The van der Waals surface area contributed by atoms with Crippen molar-refractivity contribution in [3.05, 3.63) is 35.6 Å². The van der Waals surface area contributed by atoms with E-state index in [9.17, 15) is 9.90 Å². The zero-order chi connectivity index (χ0) is 12.7. The summed E-state index contributed by atoms with van der Waals surface area (Å²) in [7, 11) is 2.03. The summed E-state index contributed by atoms with van der Waals surface area (Å²) in [6.45, 7) is 0.628. The summed E-state index contributed by atoms with van der Waals surface area (Å²) in [5.41, 5.74) is 1.43. The maximum Gasteiger partial charge on any atom is 0.372 e. The van der Waals surface area contributed by atoms with Crippen LogP contribution in [-0.4, -0.2) is 29.1 Å². The third-order valence-corrected chi connectivity index (χ3v) is 3.47. The molecule has 2 aromatic rings. The van der Waals surface area contributed by atoms with Gasteiger partial charge in [0.15, 0.2) is 0 Å². The van der Waals surface area contributed by atoms with Gasteiger partial charge in [0.1, 0.15) is 5.58 Å². The summed E-state index contributed by atoms with van der Waals surface area (Å²) in [5, 5.41) is 10.1. The van der Waals surface area contributed by atoms with Crippen LogP contribution in [0.15, 0.2) is 28.7 Å². The highest BCUT2D eigenvalue weighted by Gasteiger charge is 2.28. The Morgan fingerprint density at radius 2 is 2.17 bits per heavy atom. The van der Waals surface area contributed by atoms with Crippen molar-refractivity contribution in [3.63, 3.8) is 0 Å². The highest BCUT2D eigenvalue weighted by atomic mass is 16.4. The quantitative estimate of drug-likeness (QED) is 0.899. The number of furan rings is 1. The van der Waals surface area contributed by atoms with Crippen LogP contribution in [0.4, 0.5) is 0 Å². The van der Waals surface area contributed by atoms with Crippen LogP contribution in [0.2, 0.25) is 0 Å². The lowest BCUT2D eigenvalue weighted by Gasteiger charge is -2.14. The van der Waals surface area contributed by atoms with E-state index in [-0.39, 0.29) is 5.76 Å². The van der Waals surface area contributed by atoms with Gasteiger partial charge in [0.2, 0.25) is 5.76 Å². The smallest absolute Gasteiger partial charge is 0.372 e. The van der Waals surface area contributed by atoms with Gasteiger partial charge in [-0.15, -0.1) is 0 Å². The van der Waals surface area contributed by atoms with E-state index in [2.05, 4.69) is 4.90 Å². The SMILES string of the molecule is CN(Cc1c(C(=O)O)oc2ccccc12)C1CC1. The number of benzene rings is 1. The van der Waals surface area contributed by atoms with Crippen LogP contribution in [0, 0.1) is 0 Å². The van der Waals surface area contributed by atoms with Gasteiger partial charge in [-0.25, -0.2) is 4.79 Å². The van der Waals surface area contributed by atoms with Crippen molar-refractivity contribution in [1.29, 1.82) is 0 Å². The Bertz CT molecular complexity index is 598. The van der Waals surface area contributed by atoms with E-state index in [0.29, 0.717) is 18.2 Å². The number of hydrogen-bond acceptors (Lipinski definition) is 3. The molecule has 1 aliphatic carbocycles. The van der Waals surface area contributed by atoms with Crippen LogP contribution < -0.4 is 0 Å². The van der Waals surface area contributed by atoms with Crippen molar-refractivity contribution in [1.82, 2.24) is 4.90 Å². The Labute approximate surface area is 105 Å². The summed E-state index contributed by atoms with van der Waals surface area (Å²) in [5.74, 6) is -0.922. The number of carbonyl (C=O) groups is 1. The summed E-state index contributed by atoms with van der Waals surface area (Å²) in [4.78, 5) is 13.4. The molecule has 0 radical (unpaired) electrons. The molecule has 0 unspecified atom stereocenters. The lowest BCUT2D eigenvalue weighted by Crippen LogP contribution is -2.21. The summed E-state index contributed by atoms with van der Waals surface area (Å²) >= 11 is 0. The molecule has 18 heavy (non-hydrogen) atoms. The van der Waals surface area contributed by atoms with Gasteiger partial charge in [0.25, 0.3) is 0 Å². The molecule has 1 saturated carbocycles. The van der Waals surface area contributed by atoms with Crippen LogP contribution >= 0.6 is 0 Å². The molecule has 1 fully saturated rings. The summed E-state index contributed by atoms with van der Waals surface area (Å²) < 4.78 is 5.44. The first-order valence-electron chi connectivity index (χ1n) is 6.11. The molecule has 4 heteroatoms. The van der Waals surface area contributed by atoms with E-state index in [1.54, 1.807) is 0 Å². The van der Waals surface area contributed by atoms with Crippen LogP contribution in [0.1, 0.15) is 29.0 Å². The van der Waals surface area contributed by atoms with Crippen LogP contribution in [-0.2, 0) is 6.54 Å². The van der Waals surface area contributed by atoms with E-state index in [1.807, 2.05) is 31.3 Å². The first kappa shape index (κ1) is 11.3. The largest absolute Gasteiger partial charge is 0.475 e. The standard InChI is InChI=1S/C14H15NO3/c1-15(9-6-7-9)8-11-10-4-2-3-5-12(10)18-13(11)14(16)17/h2-5,9H,6-8H2,1H3,(H,16,17). The Morgan fingerprint density at radius 1 is 1.44 bits per heavy atom. The van der Waals surface area contributed by atoms with Gasteiger partial charge in [-0.05, 0) is 26.0 Å². The van der Waals surface area contributed by atoms with Gasteiger partial charge >= 0.3 is 5.97 Å². The molecule has 1 N–H and O–H groups in total. The van der Waals surface area contributed by atoms with Crippen LogP contribution in [0.3, 0.4) is 0 Å². The summed E-state index contributed by atoms with van der Waals surface area (Å²) in [6.07, 6.45) is 2.41. The van der Waals surface area contributed by atoms with Crippen molar-refractivity contribution in [2.24, 2.45) is 0 Å². The highest BCUT2D eigenvalue weighted by Crippen LogP contribution is 2.31. The molecule has 3 rings (SSSR count). The van der Waals surface area contributed by atoms with Crippen LogP contribution in [0.5, 0.6) is 0 Å². The molecule has 0 saturated heterocycles. The van der Waals surface area contributed by atoms with Gasteiger partial charge in [0.05, 0.1) is 0 Å². The van der Waals surface area contributed by atoms with Gasteiger partial charge in [-0.2, -0.15) is 0 Å². The number of nitrogens with zero attached hydrogens (tertiary/aromatic N) is 1. The second kappa shape index (κ2) is 4.14. The normalized spacial score (nSPS) is 15.4. The second-order valence-corrected chi connectivity index (χ2v) is 4.86. The zero-order valence-corrected chi connectivity index (χ0v) is 10.2. The molecule has 1 aromatic heterocycles. The monoisotopic (exact) mass is 245 g/mol. The lowest BCUT2D eigenvalue weighted by molar-refractivity contribution is 0.0662. The Kier molecular flexibility index (Phi) is 2.59. The van der Waals surface area contributed by atoms with E-state index < -0.39 is 5.97 Å². The number of rotatable bonds is 4. The van der Waals surface area contributed by atoms with Crippen LogP contribution in [0.25, 0.3) is 11.0 Å². The number of carboxylic acids is 1. The molecule has 0 aliphatic heterocycles. The maximum absolute atomic E-state index is 11.2. The fourth-order valence-corrected chi connectivity index (χ4v) is 2.32. The highest BCUT2D eigenvalue weighted by molar-refractivity contribution is 5.95. The number of hydrogen-bond donors (Lipinski definition) is 1. The molecule has 0 bridgehead atoms. The van der Waals surface area contributed by atoms with E-state index in [0.717, 1.165) is 10.9 Å². The molecular formula is C14H15NO3. The van der Waals surface area contributed by atoms with Gasteiger partial charge in [0, 0.05) is 23.5 Å². The average molecular weight is 245 g/mol. The number of para-hydroxylation sites is 1. The number of aromatic carboxylic acids is 1. The van der Waals surface area contributed by atoms with Gasteiger partial charge in [-0.3, -0.25) is 4.90 Å². The minimum Gasteiger partial charge on any atom is -0.475 e. The van der Waals surface area contributed by atoms with E-state index >= 15 is 0 Å². The van der Waals surface area contributed by atoms with Gasteiger partial charge in [-0.1, -0.05) is 18.2 Å². The molecule has 94 valence electrons. The first-order chi connectivity index (χ1) is 8.66. The van der Waals surface area contributed by atoms with Gasteiger partial charge < -0.3 is 9.52 Å². The first-order valence-corrected chi connectivity index (χ1v) is 6.11. The third-order valence-electron chi connectivity index (χ3n) is 3.47. The minimum atomic E-state index is -0.995. The van der Waals surface area contributed by atoms with Crippen molar-refractivity contribution < 1.29 is 14.3 Å². The molecule has 0 amide bonds. The minimum absolute atomic E-state index is 0.0729. The summed E-state index contributed by atoms with van der Waals surface area (Å²) in [6, 6.07) is 8.08. The molecule has 4 nitrogen and oxygen atoms in total. The zero-order valence-electron chi connectivity index (χ0n) is 10.2. The average Bonchev–Trinajstić information content (AvgIpc) is 3.13. The third kappa shape index (κ3) is 1.88. The fourth-order valence-electron chi connectivity index (χ4n) is 2.32. The van der Waals surface area contributed by atoms with E-state index in [1.165, 1.54) is 12.8 Å². The van der Waals surface area contributed by atoms with Crippen molar-refractivity contribution in [3.8, 4) is 0 Å². The topological polar surface area (TPSA) is 53.7 Å². The molecule has 0 spiro atoms. The number of carboxylic acid groups (broad SMARTS) is 1. The van der Waals surface area contributed by atoms with Crippen molar-refractivity contribution in [2.75, 3.05) is 7.05 Å². The fraction of sp³-hybridized carbons (Fsp3) is 0.357. The Hall–Kier alpha value is -1.81. The maximum atomic E-state index is 11.2. The lowest BCUT2D eigenvalue weighted by atomic mass is 10.1. The second-order valence-electron chi connectivity index (χ2n) is 4.86. The van der Waals surface area contributed by atoms with Crippen molar-refractivity contribution >= 4 is 16.9 Å². The Balaban J connectivity index is 2.05. The molecular weight excluding hydrogens is 230 g/mol. The molecule has 1 aromatic carbocycles. The molecule has 0 atom stereocenters. The van der Waals surface area contributed by atoms with E-state index in [4.69, 9.17) is 4.42 Å². The predicted octanol–water partition coefficient (Wildman–Crippen LogP) is 2.73. The predicted molar refractivity (Wildman–Crippen MR) is 67.7 cm³/mol. The Morgan fingerprint density at radius 3 is 2.83 bits per heavy atom. The number of fused-ring (bicyclic) bond motifs is 1. The molecule has 1 heterocycles. The molecule has 1 aliphatic rings. The van der Waals surface area contributed by atoms with Crippen molar-refractivity contribution in [2.45, 2.75) is 25.4 Å².